The summed E-state index contributed by atoms with van der Waals surface area (Å²) in [6.07, 6.45) is 1.19. The molecular weight excluding hydrogens is 316 g/mol. The Labute approximate surface area is 138 Å². The first-order valence-corrected chi connectivity index (χ1v) is 6.93. The van der Waals surface area contributed by atoms with Gasteiger partial charge in [-0.15, -0.1) is 0 Å². The van der Waals surface area contributed by atoms with E-state index >= 15 is 0 Å². The van der Waals surface area contributed by atoms with Gasteiger partial charge in [-0.25, -0.2) is 0 Å². The average molecular weight is 334 g/mol. The largest absolute Gasteiger partial charge is 0.495 e. The number of nitrogens with two attached hydrogens (primary N) is 2. The highest BCUT2D eigenvalue weighted by molar-refractivity contribution is 6.04. The second-order valence-electron chi connectivity index (χ2n) is 5.30. The van der Waals surface area contributed by atoms with Crippen molar-refractivity contribution < 1.29 is 29.3 Å². The maximum Gasteiger partial charge on any atom is 0.327 e. The van der Waals surface area contributed by atoms with E-state index in [1.165, 1.54) is 20.3 Å². The van der Waals surface area contributed by atoms with Crippen LogP contribution < -0.4 is 16.2 Å². The van der Waals surface area contributed by atoms with Crippen LogP contribution in [-0.4, -0.2) is 36.4 Å². The standard InChI is InChI=1S/C16H18N2O6/c1-23-11-5-8(3-4-10(11)17)9-6-12(24-2)13(18)16(7-9,14(19)20)15(21)22/h3-6H,7,17-18H2,1-2H3,(H,19,20)(H,21,22). The van der Waals surface area contributed by atoms with Crippen molar-refractivity contribution in [2.45, 2.75) is 6.42 Å². The molecule has 0 amide bonds. The summed E-state index contributed by atoms with van der Waals surface area (Å²) in [6, 6.07) is 4.84. The third kappa shape index (κ3) is 2.51. The topological polar surface area (TPSA) is 145 Å². The molecule has 0 atom stereocenters. The van der Waals surface area contributed by atoms with E-state index in [9.17, 15) is 19.8 Å². The summed E-state index contributed by atoms with van der Waals surface area (Å²) in [6.45, 7) is 0. The van der Waals surface area contributed by atoms with Crippen LogP contribution in [0.25, 0.3) is 5.57 Å². The van der Waals surface area contributed by atoms with E-state index in [4.69, 9.17) is 20.9 Å². The maximum absolute atomic E-state index is 11.7. The van der Waals surface area contributed by atoms with Crippen LogP contribution in [0.5, 0.6) is 5.75 Å². The predicted octanol–water partition coefficient (Wildman–Crippen LogP) is 1.04. The second-order valence-corrected chi connectivity index (χ2v) is 5.30. The maximum atomic E-state index is 11.7. The highest BCUT2D eigenvalue weighted by Gasteiger charge is 2.53. The third-order valence-electron chi connectivity index (χ3n) is 4.04. The number of hydrogen-bond donors (Lipinski definition) is 4. The van der Waals surface area contributed by atoms with E-state index in [-0.39, 0.29) is 17.9 Å². The Morgan fingerprint density at radius 3 is 2.25 bits per heavy atom. The van der Waals surface area contributed by atoms with Gasteiger partial charge < -0.3 is 31.2 Å². The number of anilines is 1. The molecule has 0 unspecified atom stereocenters. The fourth-order valence-corrected chi connectivity index (χ4v) is 2.62. The van der Waals surface area contributed by atoms with Crippen LogP contribution in [0.15, 0.2) is 35.7 Å². The summed E-state index contributed by atoms with van der Waals surface area (Å²) in [5.74, 6) is -2.73. The molecule has 128 valence electrons. The van der Waals surface area contributed by atoms with Crippen LogP contribution in [-0.2, 0) is 14.3 Å². The van der Waals surface area contributed by atoms with Gasteiger partial charge in [-0.3, -0.25) is 9.59 Å². The monoisotopic (exact) mass is 334 g/mol. The molecule has 1 aliphatic carbocycles. The highest BCUT2D eigenvalue weighted by Crippen LogP contribution is 2.43. The number of methoxy groups -OCH3 is 2. The van der Waals surface area contributed by atoms with Crippen LogP contribution in [0, 0.1) is 5.41 Å². The minimum absolute atomic E-state index is 0.00292. The highest BCUT2D eigenvalue weighted by atomic mass is 16.5. The van der Waals surface area contributed by atoms with Crippen LogP contribution in [0.4, 0.5) is 5.69 Å². The minimum Gasteiger partial charge on any atom is -0.495 e. The molecule has 0 fully saturated rings. The molecular formula is C16H18N2O6. The molecule has 0 spiro atoms. The van der Waals surface area contributed by atoms with Crippen LogP contribution in [0.2, 0.25) is 0 Å². The third-order valence-corrected chi connectivity index (χ3v) is 4.04. The molecule has 8 heteroatoms. The number of carboxylic acids is 2. The van der Waals surface area contributed by atoms with Gasteiger partial charge in [0.05, 0.1) is 25.6 Å². The van der Waals surface area contributed by atoms with E-state index in [0.717, 1.165) is 0 Å². The van der Waals surface area contributed by atoms with Gasteiger partial charge in [0.2, 0.25) is 5.41 Å². The fraction of sp³-hybridized carbons (Fsp3) is 0.250. The number of ether oxygens (including phenoxy) is 2. The number of carbonyl (C=O) groups is 2. The first-order chi connectivity index (χ1) is 11.3. The Kier molecular flexibility index (Phi) is 4.41. The molecule has 1 aromatic rings. The van der Waals surface area contributed by atoms with Crippen molar-refractivity contribution >= 4 is 23.2 Å². The van der Waals surface area contributed by atoms with Crippen molar-refractivity contribution in [2.24, 2.45) is 11.1 Å². The summed E-state index contributed by atoms with van der Waals surface area (Å²) in [4.78, 5) is 23.4. The molecule has 0 saturated heterocycles. The lowest BCUT2D eigenvalue weighted by Gasteiger charge is -2.31. The quantitative estimate of drug-likeness (QED) is 0.461. The number of carboxylic acid groups (broad SMARTS) is 2. The first kappa shape index (κ1) is 17.2. The Morgan fingerprint density at radius 2 is 1.75 bits per heavy atom. The molecule has 0 aliphatic heterocycles. The van der Waals surface area contributed by atoms with Crippen LogP contribution >= 0.6 is 0 Å². The fourth-order valence-electron chi connectivity index (χ4n) is 2.62. The van der Waals surface area contributed by atoms with Crippen molar-refractivity contribution in [1.82, 2.24) is 0 Å². The first-order valence-electron chi connectivity index (χ1n) is 6.93. The van der Waals surface area contributed by atoms with E-state index in [1.54, 1.807) is 18.2 Å². The zero-order valence-electron chi connectivity index (χ0n) is 13.2. The van der Waals surface area contributed by atoms with E-state index < -0.39 is 17.4 Å². The lowest BCUT2D eigenvalue weighted by molar-refractivity contribution is -0.161. The van der Waals surface area contributed by atoms with Crippen molar-refractivity contribution in [3.05, 3.63) is 41.3 Å². The zero-order chi connectivity index (χ0) is 18.1. The Balaban J connectivity index is 2.65. The normalized spacial score (nSPS) is 16.3. The molecule has 0 aromatic heterocycles. The average Bonchev–Trinajstić information content (AvgIpc) is 2.55. The number of benzene rings is 1. The summed E-state index contributed by atoms with van der Waals surface area (Å²) in [7, 11) is 2.74. The predicted molar refractivity (Wildman–Crippen MR) is 85.9 cm³/mol. The summed E-state index contributed by atoms with van der Waals surface area (Å²) in [5, 5.41) is 19.1. The molecule has 1 aliphatic rings. The summed E-state index contributed by atoms with van der Waals surface area (Å²) >= 11 is 0. The van der Waals surface area contributed by atoms with Gasteiger partial charge in [0.1, 0.15) is 11.5 Å². The SMILES string of the molecule is COC1=C(N)C(C(=O)O)(C(=O)O)CC(c2ccc(N)c(OC)c2)=C1. The number of allylic oxidation sites excluding steroid dienone is 2. The molecule has 24 heavy (non-hydrogen) atoms. The molecule has 1 aromatic carbocycles. The van der Waals surface area contributed by atoms with Crippen molar-refractivity contribution in [2.75, 3.05) is 20.0 Å². The van der Waals surface area contributed by atoms with Gasteiger partial charge in [0.15, 0.2) is 0 Å². The lowest BCUT2D eigenvalue weighted by atomic mass is 9.73. The van der Waals surface area contributed by atoms with E-state index in [1.807, 2.05) is 0 Å². The number of rotatable bonds is 5. The summed E-state index contributed by atoms with van der Waals surface area (Å²) < 4.78 is 10.2. The number of nitrogen functional groups attached to an aromatic ring is 1. The van der Waals surface area contributed by atoms with Gasteiger partial charge in [-0.2, -0.15) is 0 Å². The van der Waals surface area contributed by atoms with Gasteiger partial charge in [0, 0.05) is 6.42 Å². The van der Waals surface area contributed by atoms with Gasteiger partial charge >= 0.3 is 11.9 Å². The Morgan fingerprint density at radius 1 is 1.12 bits per heavy atom. The molecule has 0 saturated carbocycles. The molecule has 8 nitrogen and oxygen atoms in total. The lowest BCUT2D eigenvalue weighted by Crippen LogP contribution is -2.46. The van der Waals surface area contributed by atoms with Gasteiger partial charge in [-0.1, -0.05) is 6.07 Å². The Hall–Kier alpha value is -3.16. The molecule has 6 N–H and O–H groups in total. The molecule has 2 rings (SSSR count). The molecule has 0 bridgehead atoms. The number of hydrogen-bond acceptors (Lipinski definition) is 6. The smallest absolute Gasteiger partial charge is 0.327 e. The minimum atomic E-state index is -2.30. The number of aliphatic carboxylic acids is 2. The zero-order valence-corrected chi connectivity index (χ0v) is 13.2. The van der Waals surface area contributed by atoms with E-state index in [2.05, 4.69) is 0 Å². The van der Waals surface area contributed by atoms with Gasteiger partial charge in [-0.05, 0) is 29.3 Å². The van der Waals surface area contributed by atoms with Gasteiger partial charge in [0.25, 0.3) is 0 Å². The van der Waals surface area contributed by atoms with Crippen LogP contribution in [0.1, 0.15) is 12.0 Å². The Bertz CT molecular complexity index is 752. The van der Waals surface area contributed by atoms with Crippen molar-refractivity contribution in [3.8, 4) is 5.75 Å². The van der Waals surface area contributed by atoms with Crippen molar-refractivity contribution in [3.63, 3.8) is 0 Å². The van der Waals surface area contributed by atoms with Crippen molar-refractivity contribution in [1.29, 1.82) is 0 Å². The second kappa shape index (κ2) is 6.15. The van der Waals surface area contributed by atoms with E-state index in [0.29, 0.717) is 22.6 Å². The molecule has 0 heterocycles. The summed E-state index contributed by atoms with van der Waals surface area (Å²) in [5.41, 5.74) is 10.3. The molecule has 0 radical (unpaired) electrons. The van der Waals surface area contributed by atoms with Crippen LogP contribution in [0.3, 0.4) is 0 Å².